The second kappa shape index (κ2) is 10.3. The summed E-state index contributed by atoms with van der Waals surface area (Å²) in [6, 6.07) is 11.5. The third-order valence-corrected chi connectivity index (χ3v) is 6.48. The second-order valence-electron chi connectivity index (χ2n) is 7.42. The average molecular weight is 520 g/mol. The maximum atomic E-state index is 13.4. The van der Waals surface area contributed by atoms with E-state index in [1.807, 2.05) is 25.1 Å². The molecule has 0 radical (unpaired) electrons. The van der Waals surface area contributed by atoms with Crippen LogP contribution in [0.1, 0.15) is 40.6 Å². The van der Waals surface area contributed by atoms with Crippen LogP contribution in [0.5, 0.6) is 5.75 Å². The predicted octanol–water partition coefficient (Wildman–Crippen LogP) is 6.55. The van der Waals surface area contributed by atoms with Gasteiger partial charge in [-0.05, 0) is 64.2 Å². The molecule has 3 rings (SSSR count). The zero-order valence-corrected chi connectivity index (χ0v) is 20.5. The molecule has 0 aliphatic heterocycles. The summed E-state index contributed by atoms with van der Waals surface area (Å²) in [5.74, 6) is -0.455. The summed E-state index contributed by atoms with van der Waals surface area (Å²) in [7, 11) is 1.27. The minimum Gasteiger partial charge on any atom is -0.483 e. The number of rotatable bonds is 7. The van der Waals surface area contributed by atoms with Crippen LogP contribution in [-0.2, 0) is 9.53 Å². The summed E-state index contributed by atoms with van der Waals surface area (Å²) < 4.78 is 24.7. The lowest BCUT2D eigenvalue weighted by atomic mass is 10.0. The molecular formula is C24H23BrFNO4S. The SMILES string of the molecule is COC(=O)c1c(NC(=O)COc2ccc(C(C)C)cc2Br)sc(C)c1-c1ccc(F)cc1. The van der Waals surface area contributed by atoms with E-state index in [1.165, 1.54) is 30.6 Å². The summed E-state index contributed by atoms with van der Waals surface area (Å²) in [4.78, 5) is 25.9. The number of carbonyl (C=O) groups excluding carboxylic acids is 2. The number of benzene rings is 2. The van der Waals surface area contributed by atoms with Crippen LogP contribution in [0.2, 0.25) is 0 Å². The molecule has 0 atom stereocenters. The van der Waals surface area contributed by atoms with Crippen LogP contribution in [-0.4, -0.2) is 25.6 Å². The number of hydrogen-bond acceptors (Lipinski definition) is 5. The van der Waals surface area contributed by atoms with Crippen LogP contribution in [0.3, 0.4) is 0 Å². The molecule has 8 heteroatoms. The standard InChI is InChI=1S/C24H23BrFNO4S/c1-13(2)16-7-10-19(18(25)11-16)31-12-20(28)27-23-22(24(29)30-4)21(14(3)32-23)15-5-8-17(26)9-6-15/h5-11,13H,12H2,1-4H3,(H,27,28). The number of carbonyl (C=O) groups is 2. The fraction of sp³-hybridized carbons (Fsp3) is 0.250. The zero-order valence-electron chi connectivity index (χ0n) is 18.1. The Morgan fingerprint density at radius 3 is 2.44 bits per heavy atom. The van der Waals surface area contributed by atoms with Gasteiger partial charge in [0.15, 0.2) is 6.61 Å². The lowest BCUT2D eigenvalue weighted by Gasteiger charge is -2.12. The summed E-state index contributed by atoms with van der Waals surface area (Å²) in [5, 5.41) is 3.11. The van der Waals surface area contributed by atoms with E-state index < -0.39 is 11.9 Å². The van der Waals surface area contributed by atoms with Gasteiger partial charge >= 0.3 is 5.97 Å². The van der Waals surface area contributed by atoms with Crippen molar-refractivity contribution in [2.45, 2.75) is 26.7 Å². The Labute approximate surface area is 198 Å². The van der Waals surface area contributed by atoms with Crippen molar-refractivity contribution in [3.05, 3.63) is 68.8 Å². The minimum absolute atomic E-state index is 0.233. The van der Waals surface area contributed by atoms with Crippen LogP contribution in [0, 0.1) is 12.7 Å². The number of amides is 1. The Hall–Kier alpha value is -2.71. The first kappa shape index (κ1) is 23.9. The third-order valence-electron chi connectivity index (χ3n) is 4.84. The zero-order chi connectivity index (χ0) is 23.4. The van der Waals surface area contributed by atoms with Gasteiger partial charge in [-0.1, -0.05) is 32.0 Å². The number of thiophene rings is 1. The first-order valence-corrected chi connectivity index (χ1v) is 11.5. The smallest absolute Gasteiger partial charge is 0.341 e. The van der Waals surface area contributed by atoms with Gasteiger partial charge in [-0.25, -0.2) is 9.18 Å². The number of aryl methyl sites for hydroxylation is 1. The van der Waals surface area contributed by atoms with E-state index in [0.717, 1.165) is 14.9 Å². The van der Waals surface area contributed by atoms with E-state index in [0.29, 0.717) is 27.8 Å². The van der Waals surface area contributed by atoms with Gasteiger partial charge in [0.25, 0.3) is 5.91 Å². The monoisotopic (exact) mass is 519 g/mol. The molecule has 32 heavy (non-hydrogen) atoms. The first-order valence-electron chi connectivity index (χ1n) is 9.91. The number of esters is 1. The van der Waals surface area contributed by atoms with Crippen molar-refractivity contribution in [3.8, 4) is 16.9 Å². The number of ether oxygens (including phenoxy) is 2. The van der Waals surface area contributed by atoms with Crippen molar-refractivity contribution in [1.82, 2.24) is 0 Å². The quantitative estimate of drug-likeness (QED) is 0.359. The molecule has 0 aliphatic carbocycles. The van der Waals surface area contributed by atoms with Gasteiger partial charge in [0.2, 0.25) is 0 Å². The van der Waals surface area contributed by atoms with Crippen molar-refractivity contribution in [2.24, 2.45) is 0 Å². The van der Waals surface area contributed by atoms with Crippen LogP contribution in [0.4, 0.5) is 9.39 Å². The highest BCUT2D eigenvalue weighted by atomic mass is 79.9. The maximum absolute atomic E-state index is 13.4. The maximum Gasteiger partial charge on any atom is 0.341 e. The summed E-state index contributed by atoms with van der Waals surface area (Å²) in [6.45, 7) is 5.79. The highest BCUT2D eigenvalue weighted by Gasteiger charge is 2.25. The number of hydrogen-bond donors (Lipinski definition) is 1. The molecule has 0 fully saturated rings. The van der Waals surface area contributed by atoms with Gasteiger partial charge < -0.3 is 14.8 Å². The molecule has 0 bridgehead atoms. The van der Waals surface area contributed by atoms with E-state index in [9.17, 15) is 14.0 Å². The molecule has 0 saturated heterocycles. The number of methoxy groups -OCH3 is 1. The van der Waals surface area contributed by atoms with Gasteiger partial charge in [0.1, 0.15) is 22.1 Å². The van der Waals surface area contributed by atoms with Gasteiger partial charge in [0.05, 0.1) is 11.6 Å². The molecule has 0 saturated carbocycles. The molecule has 1 amide bonds. The fourth-order valence-corrected chi connectivity index (χ4v) is 4.78. The minimum atomic E-state index is -0.586. The molecule has 0 unspecified atom stereocenters. The Balaban J connectivity index is 1.81. The van der Waals surface area contributed by atoms with E-state index in [1.54, 1.807) is 12.1 Å². The summed E-state index contributed by atoms with van der Waals surface area (Å²) >= 11 is 4.72. The van der Waals surface area contributed by atoms with Crippen molar-refractivity contribution in [1.29, 1.82) is 0 Å². The summed E-state index contributed by atoms with van der Waals surface area (Å²) in [6.07, 6.45) is 0. The van der Waals surface area contributed by atoms with E-state index >= 15 is 0 Å². The van der Waals surface area contributed by atoms with Gasteiger partial charge in [-0.2, -0.15) is 0 Å². The van der Waals surface area contributed by atoms with E-state index in [2.05, 4.69) is 35.1 Å². The third kappa shape index (κ3) is 5.37. The lowest BCUT2D eigenvalue weighted by molar-refractivity contribution is -0.118. The highest BCUT2D eigenvalue weighted by Crippen LogP contribution is 2.40. The molecule has 0 spiro atoms. The van der Waals surface area contributed by atoms with Crippen molar-refractivity contribution < 1.29 is 23.5 Å². The van der Waals surface area contributed by atoms with E-state index in [-0.39, 0.29) is 18.0 Å². The molecule has 168 valence electrons. The predicted molar refractivity (Wildman–Crippen MR) is 128 cm³/mol. The molecule has 1 heterocycles. The lowest BCUT2D eigenvalue weighted by Crippen LogP contribution is -2.21. The Kier molecular flexibility index (Phi) is 7.69. The number of nitrogens with one attached hydrogen (secondary N) is 1. The van der Waals surface area contributed by atoms with Crippen molar-refractivity contribution in [2.75, 3.05) is 19.0 Å². The molecular weight excluding hydrogens is 497 g/mol. The molecule has 0 aliphatic rings. The van der Waals surface area contributed by atoms with Gasteiger partial charge in [-0.3, -0.25) is 4.79 Å². The normalized spacial score (nSPS) is 10.8. The Morgan fingerprint density at radius 1 is 1.16 bits per heavy atom. The highest BCUT2D eigenvalue weighted by molar-refractivity contribution is 9.10. The molecule has 1 N–H and O–H groups in total. The molecule has 1 aromatic heterocycles. The topological polar surface area (TPSA) is 64.6 Å². The van der Waals surface area contributed by atoms with Crippen LogP contribution < -0.4 is 10.1 Å². The fourth-order valence-electron chi connectivity index (χ4n) is 3.19. The van der Waals surface area contributed by atoms with Crippen molar-refractivity contribution in [3.63, 3.8) is 0 Å². The van der Waals surface area contributed by atoms with E-state index in [4.69, 9.17) is 9.47 Å². The Bertz CT molecular complexity index is 1140. The Morgan fingerprint density at radius 2 is 1.84 bits per heavy atom. The van der Waals surface area contributed by atoms with Crippen LogP contribution in [0.25, 0.3) is 11.1 Å². The number of anilines is 1. The molecule has 5 nitrogen and oxygen atoms in total. The van der Waals surface area contributed by atoms with Crippen molar-refractivity contribution >= 4 is 44.1 Å². The average Bonchev–Trinajstić information content (AvgIpc) is 3.08. The first-order chi connectivity index (χ1) is 15.2. The summed E-state index contributed by atoms with van der Waals surface area (Å²) in [5.41, 5.74) is 2.65. The second-order valence-corrected chi connectivity index (χ2v) is 9.50. The molecule has 2 aromatic carbocycles. The van der Waals surface area contributed by atoms with Crippen LogP contribution in [0.15, 0.2) is 46.9 Å². The van der Waals surface area contributed by atoms with Gasteiger partial charge in [-0.15, -0.1) is 11.3 Å². The largest absolute Gasteiger partial charge is 0.483 e. The van der Waals surface area contributed by atoms with Gasteiger partial charge in [0, 0.05) is 10.4 Å². The van der Waals surface area contributed by atoms with Crippen LogP contribution >= 0.6 is 27.3 Å². The number of halogens is 2. The molecule has 3 aromatic rings.